The summed E-state index contributed by atoms with van der Waals surface area (Å²) in [4.78, 5) is 16.2. The number of aliphatic hydroxyl groups is 1. The number of carbonyl (C=O) groups is 1. The van der Waals surface area contributed by atoms with Crippen molar-refractivity contribution in [2.24, 2.45) is 0 Å². The maximum atomic E-state index is 12.2. The largest absolute Gasteiger partial charge is 0.391 e. The third kappa shape index (κ3) is 3.51. The van der Waals surface area contributed by atoms with Crippen molar-refractivity contribution in [2.75, 3.05) is 31.6 Å². The molecule has 0 aliphatic carbocycles. The predicted octanol–water partition coefficient (Wildman–Crippen LogP) is 2.13. The molecule has 4 nitrogen and oxygen atoms in total. The van der Waals surface area contributed by atoms with Gasteiger partial charge in [0.05, 0.1) is 6.10 Å². The fourth-order valence-electron chi connectivity index (χ4n) is 2.49. The number of hydrogen-bond acceptors (Lipinski definition) is 3. The summed E-state index contributed by atoms with van der Waals surface area (Å²) in [5.41, 5.74) is 1.84. The van der Waals surface area contributed by atoms with E-state index in [1.54, 1.807) is 4.90 Å². The number of hydrogen-bond donors (Lipinski definition) is 1. The fraction of sp³-hybridized carbons (Fsp3) is 0.562. The van der Waals surface area contributed by atoms with Crippen LogP contribution in [0.4, 0.5) is 5.69 Å². The van der Waals surface area contributed by atoms with E-state index in [4.69, 9.17) is 0 Å². The smallest absolute Gasteiger partial charge is 0.253 e. The highest BCUT2D eigenvalue weighted by molar-refractivity contribution is 5.94. The van der Waals surface area contributed by atoms with Crippen LogP contribution in [-0.2, 0) is 0 Å². The van der Waals surface area contributed by atoms with E-state index in [0.717, 1.165) is 12.2 Å². The maximum Gasteiger partial charge on any atom is 0.253 e. The number of anilines is 1. The predicted molar refractivity (Wildman–Crippen MR) is 81.1 cm³/mol. The Labute approximate surface area is 121 Å². The first-order valence-electron chi connectivity index (χ1n) is 7.40. The van der Waals surface area contributed by atoms with Crippen LogP contribution in [0.3, 0.4) is 0 Å². The zero-order valence-corrected chi connectivity index (χ0v) is 12.4. The van der Waals surface area contributed by atoms with Crippen LogP contribution in [0.25, 0.3) is 0 Å². The lowest BCUT2D eigenvalue weighted by Crippen LogP contribution is -2.29. The van der Waals surface area contributed by atoms with Crippen molar-refractivity contribution in [2.45, 2.75) is 32.3 Å². The van der Waals surface area contributed by atoms with Crippen molar-refractivity contribution in [3.63, 3.8) is 0 Å². The van der Waals surface area contributed by atoms with E-state index in [1.807, 2.05) is 24.3 Å². The number of nitrogens with zero attached hydrogens (tertiary/aromatic N) is 2. The van der Waals surface area contributed by atoms with Gasteiger partial charge in [0.1, 0.15) is 0 Å². The third-order valence-electron chi connectivity index (χ3n) is 3.85. The van der Waals surface area contributed by atoms with E-state index < -0.39 is 0 Å². The maximum absolute atomic E-state index is 12.2. The molecule has 110 valence electrons. The minimum atomic E-state index is -0.363. The molecule has 0 bridgehead atoms. The molecule has 0 aromatic heterocycles. The lowest BCUT2D eigenvalue weighted by atomic mass is 10.1. The summed E-state index contributed by atoms with van der Waals surface area (Å²) < 4.78 is 0. The number of amides is 1. The van der Waals surface area contributed by atoms with Crippen LogP contribution in [0, 0.1) is 0 Å². The molecule has 0 radical (unpaired) electrons. The first kappa shape index (κ1) is 14.9. The molecule has 2 rings (SSSR count). The second-order valence-electron chi connectivity index (χ2n) is 5.52. The van der Waals surface area contributed by atoms with E-state index in [-0.39, 0.29) is 12.0 Å². The number of benzene rings is 1. The number of likely N-dealkylation sites (tertiary alicyclic amines) is 1. The molecule has 1 aromatic rings. The Kier molecular flexibility index (Phi) is 5.01. The van der Waals surface area contributed by atoms with Crippen molar-refractivity contribution in [3.8, 4) is 0 Å². The number of carbonyl (C=O) groups excluding carboxylic acids is 1. The topological polar surface area (TPSA) is 43.8 Å². The van der Waals surface area contributed by atoms with Gasteiger partial charge < -0.3 is 14.9 Å². The lowest BCUT2D eigenvalue weighted by molar-refractivity contribution is 0.0765. The molecule has 1 aliphatic heterocycles. The van der Waals surface area contributed by atoms with Gasteiger partial charge in [-0.25, -0.2) is 0 Å². The van der Waals surface area contributed by atoms with Gasteiger partial charge in [0.15, 0.2) is 0 Å². The highest BCUT2D eigenvalue weighted by Crippen LogP contribution is 2.18. The van der Waals surface area contributed by atoms with E-state index >= 15 is 0 Å². The Bertz CT molecular complexity index is 444. The van der Waals surface area contributed by atoms with E-state index in [9.17, 15) is 9.90 Å². The molecule has 1 fully saturated rings. The normalized spacial score (nSPS) is 18.4. The molecule has 0 saturated carbocycles. The van der Waals surface area contributed by atoms with Crippen molar-refractivity contribution >= 4 is 11.6 Å². The Hall–Kier alpha value is -1.55. The Balaban J connectivity index is 1.99. The zero-order valence-electron chi connectivity index (χ0n) is 12.4. The SMILES string of the molecule is CCCCN(C)c1ccc(C(=O)N2CC[C@H](O)C2)cc1. The minimum Gasteiger partial charge on any atom is -0.391 e. The van der Waals surface area contributed by atoms with Gasteiger partial charge in [-0.3, -0.25) is 4.79 Å². The molecule has 1 N–H and O–H groups in total. The van der Waals surface area contributed by atoms with Gasteiger partial charge >= 0.3 is 0 Å². The second kappa shape index (κ2) is 6.75. The summed E-state index contributed by atoms with van der Waals surface area (Å²) in [5, 5.41) is 9.49. The molecule has 1 heterocycles. The van der Waals surface area contributed by atoms with Crippen LogP contribution >= 0.6 is 0 Å². The Morgan fingerprint density at radius 1 is 1.40 bits per heavy atom. The highest BCUT2D eigenvalue weighted by Gasteiger charge is 2.25. The summed E-state index contributed by atoms with van der Waals surface area (Å²) in [5.74, 6) is 0.0179. The van der Waals surface area contributed by atoms with Crippen molar-refractivity contribution in [1.82, 2.24) is 4.90 Å². The Morgan fingerprint density at radius 3 is 2.65 bits per heavy atom. The van der Waals surface area contributed by atoms with Gasteiger partial charge in [0.25, 0.3) is 5.91 Å². The quantitative estimate of drug-likeness (QED) is 0.896. The number of rotatable bonds is 5. The molecule has 20 heavy (non-hydrogen) atoms. The fourth-order valence-corrected chi connectivity index (χ4v) is 2.49. The Morgan fingerprint density at radius 2 is 2.10 bits per heavy atom. The van der Waals surface area contributed by atoms with Crippen LogP contribution in [0.15, 0.2) is 24.3 Å². The third-order valence-corrected chi connectivity index (χ3v) is 3.85. The molecule has 1 atom stereocenters. The lowest BCUT2D eigenvalue weighted by Gasteiger charge is -2.20. The monoisotopic (exact) mass is 276 g/mol. The summed E-state index contributed by atoms with van der Waals surface area (Å²) in [7, 11) is 2.07. The zero-order chi connectivity index (χ0) is 14.5. The molecule has 4 heteroatoms. The van der Waals surface area contributed by atoms with Crippen LogP contribution < -0.4 is 4.90 Å². The van der Waals surface area contributed by atoms with E-state index in [2.05, 4.69) is 18.9 Å². The first-order chi connectivity index (χ1) is 9.61. The van der Waals surface area contributed by atoms with Crippen molar-refractivity contribution < 1.29 is 9.90 Å². The van der Waals surface area contributed by atoms with Gasteiger partial charge in [-0.15, -0.1) is 0 Å². The minimum absolute atomic E-state index is 0.0179. The van der Waals surface area contributed by atoms with Gasteiger partial charge in [-0.2, -0.15) is 0 Å². The van der Waals surface area contributed by atoms with Gasteiger partial charge in [0.2, 0.25) is 0 Å². The van der Waals surface area contributed by atoms with E-state index in [0.29, 0.717) is 25.1 Å². The molecular formula is C16H24N2O2. The molecule has 1 amide bonds. The first-order valence-corrected chi connectivity index (χ1v) is 7.40. The van der Waals surface area contributed by atoms with Crippen molar-refractivity contribution in [3.05, 3.63) is 29.8 Å². The van der Waals surface area contributed by atoms with Gasteiger partial charge in [0, 0.05) is 37.9 Å². The standard InChI is InChI=1S/C16H24N2O2/c1-3-4-10-17(2)14-7-5-13(6-8-14)16(20)18-11-9-15(19)12-18/h5-8,15,19H,3-4,9-12H2,1-2H3/t15-/m0/s1. The average molecular weight is 276 g/mol. The highest BCUT2D eigenvalue weighted by atomic mass is 16.3. The molecule has 1 aromatic carbocycles. The second-order valence-corrected chi connectivity index (χ2v) is 5.52. The number of unbranched alkanes of at least 4 members (excludes halogenated alkanes) is 1. The molecular weight excluding hydrogens is 252 g/mol. The molecule has 1 aliphatic rings. The number of β-amino-alcohol motifs (C(OH)–C–C–N with tert-alkyl or cyclic N) is 1. The molecule has 0 spiro atoms. The average Bonchev–Trinajstić information content (AvgIpc) is 2.90. The van der Waals surface area contributed by atoms with Crippen LogP contribution in [0.2, 0.25) is 0 Å². The van der Waals surface area contributed by atoms with Crippen LogP contribution in [0.1, 0.15) is 36.5 Å². The molecule has 1 saturated heterocycles. The van der Waals surface area contributed by atoms with Crippen LogP contribution in [0.5, 0.6) is 0 Å². The van der Waals surface area contributed by atoms with Crippen molar-refractivity contribution in [1.29, 1.82) is 0 Å². The number of aliphatic hydroxyl groups excluding tert-OH is 1. The van der Waals surface area contributed by atoms with Crippen LogP contribution in [-0.4, -0.2) is 48.7 Å². The van der Waals surface area contributed by atoms with Gasteiger partial charge in [-0.05, 0) is 37.1 Å². The molecule has 0 unspecified atom stereocenters. The van der Waals surface area contributed by atoms with E-state index in [1.165, 1.54) is 12.8 Å². The summed E-state index contributed by atoms with van der Waals surface area (Å²) >= 11 is 0. The summed E-state index contributed by atoms with van der Waals surface area (Å²) in [6, 6.07) is 7.75. The summed E-state index contributed by atoms with van der Waals surface area (Å²) in [6.45, 7) is 4.32. The van der Waals surface area contributed by atoms with Gasteiger partial charge in [-0.1, -0.05) is 13.3 Å². The summed E-state index contributed by atoms with van der Waals surface area (Å²) in [6.07, 6.45) is 2.67.